The predicted molar refractivity (Wildman–Crippen MR) is 149 cm³/mol. The van der Waals surface area contributed by atoms with E-state index < -0.39 is 35.2 Å². The smallest absolute Gasteiger partial charge is 0.326 e. The standard InChI is InChI=1S/2C9H13.C8H13N3O2.2ClH.Ga.Zr/c2*1-2-3-6-9-7-4-5-8-9;12-7(13)6-2-5-11-4-1-3-9-8(11)10-6;;;;/h2*4,7H,2-3,5-6H2,1H3;6H,1-5H2,(H,9,10)(H,12,13);2*1H;;. The number of hydrogen-bond donors (Lipinski definition) is 2. The number of aliphatic carboxylic acids is 1. The molecule has 1 unspecified atom stereocenters. The van der Waals surface area contributed by atoms with Gasteiger partial charge >= 0.3 is 136 Å². The largest absolute Gasteiger partial charge is 0.480 e. The summed E-state index contributed by atoms with van der Waals surface area (Å²) in [5.74, 6) is -0.0159. The molecule has 2 aliphatic heterocycles. The van der Waals surface area contributed by atoms with Crippen molar-refractivity contribution in [1.82, 2.24) is 10.2 Å². The fourth-order valence-corrected chi connectivity index (χ4v) is 8.24. The Bertz CT molecular complexity index is 787. The molecule has 4 aliphatic rings. The van der Waals surface area contributed by atoms with Crippen LogP contribution in [0.4, 0.5) is 0 Å². The van der Waals surface area contributed by atoms with Crippen LogP contribution in [0.5, 0.6) is 0 Å². The molecule has 193 valence electrons. The van der Waals surface area contributed by atoms with Crippen LogP contribution in [0, 0.1) is 0 Å². The Hall–Kier alpha value is -0.201. The molecule has 1 atom stereocenters. The molecular formula is C26H41Cl2GaN3O2Zr. The maximum atomic E-state index is 10.7. The first kappa shape index (κ1) is 34.8. The van der Waals surface area contributed by atoms with Crippen LogP contribution in [0.2, 0.25) is 0 Å². The Morgan fingerprint density at radius 2 is 1.63 bits per heavy atom. The van der Waals surface area contributed by atoms with Crippen LogP contribution in [0.25, 0.3) is 0 Å². The number of fused-ring (bicyclic) bond motifs is 1. The number of rotatable bonds is 9. The summed E-state index contributed by atoms with van der Waals surface area (Å²) in [6, 6.07) is -0.451. The average Bonchev–Trinajstić information content (AvgIpc) is 3.45. The van der Waals surface area contributed by atoms with E-state index in [-0.39, 0.29) is 44.6 Å². The normalized spacial score (nSPS) is 19.9. The van der Waals surface area contributed by atoms with Crippen LogP contribution in [0.15, 0.2) is 47.0 Å². The van der Waals surface area contributed by atoms with Crippen LogP contribution in [0.1, 0.15) is 78.1 Å². The summed E-state index contributed by atoms with van der Waals surface area (Å²) >= 11 is -0.463. The first-order valence-electron chi connectivity index (χ1n) is 12.4. The summed E-state index contributed by atoms with van der Waals surface area (Å²) in [7, 11) is 0. The predicted octanol–water partition coefficient (Wildman–Crippen LogP) is 5.83. The van der Waals surface area contributed by atoms with E-state index in [0.717, 1.165) is 32.0 Å². The molecule has 0 saturated carbocycles. The molecule has 2 heterocycles. The van der Waals surface area contributed by atoms with E-state index in [1.807, 2.05) is 6.56 Å². The molecule has 9 heteroatoms. The number of halogens is 2. The number of carboxylic acids is 1. The minimum Gasteiger partial charge on any atom is -0.480 e. The Morgan fingerprint density at radius 1 is 1.06 bits per heavy atom. The number of allylic oxidation sites excluding steroid dienone is 8. The van der Waals surface area contributed by atoms with E-state index in [1.165, 1.54) is 51.4 Å². The van der Waals surface area contributed by atoms with E-state index in [2.05, 4.69) is 53.4 Å². The zero-order valence-corrected chi connectivity index (χ0v) is 27.7. The summed E-state index contributed by atoms with van der Waals surface area (Å²) in [5, 5.41) is 11.7. The van der Waals surface area contributed by atoms with Gasteiger partial charge < -0.3 is 15.3 Å². The SMILES string of the molecule is CCCCC1=[C]([Zr][C]2=C(CCCC)C=CC2)CC=C1.Cl.Cl.O=C(O)C1CCN2CCCN=C2N1.[Ga]. The number of hydrogen-bond acceptors (Lipinski definition) is 4. The van der Waals surface area contributed by atoms with Crippen molar-refractivity contribution in [3.05, 3.63) is 42.0 Å². The Labute approximate surface area is 248 Å². The summed E-state index contributed by atoms with van der Waals surface area (Å²) in [5.41, 5.74) is 3.42. The van der Waals surface area contributed by atoms with E-state index in [9.17, 15) is 4.79 Å². The van der Waals surface area contributed by atoms with Crippen molar-refractivity contribution >= 4 is 56.5 Å². The van der Waals surface area contributed by atoms with Crippen LogP contribution in [-0.2, 0) is 28.0 Å². The Morgan fingerprint density at radius 3 is 2.14 bits per heavy atom. The molecule has 0 bridgehead atoms. The fourth-order valence-electron chi connectivity index (χ4n) is 4.45. The summed E-state index contributed by atoms with van der Waals surface area (Å²) in [4.78, 5) is 17.1. The quantitative estimate of drug-likeness (QED) is 0.306. The minimum atomic E-state index is -0.784. The maximum absolute atomic E-state index is 10.7. The number of carboxylic acid groups (broad SMARTS) is 1. The van der Waals surface area contributed by atoms with Gasteiger partial charge in [0.15, 0.2) is 5.96 Å². The van der Waals surface area contributed by atoms with Gasteiger partial charge in [-0.15, -0.1) is 24.8 Å². The molecule has 2 N–H and O–H groups in total. The van der Waals surface area contributed by atoms with Crippen molar-refractivity contribution in [2.45, 2.75) is 84.1 Å². The number of carbonyl (C=O) groups is 1. The third kappa shape index (κ3) is 11.0. The molecule has 0 aromatic heterocycles. The van der Waals surface area contributed by atoms with Crippen molar-refractivity contribution in [2.75, 3.05) is 19.6 Å². The topological polar surface area (TPSA) is 64.9 Å². The summed E-state index contributed by atoms with van der Waals surface area (Å²) < 4.78 is 3.73. The molecule has 2 aliphatic carbocycles. The van der Waals surface area contributed by atoms with Gasteiger partial charge in [-0.05, 0) is 12.8 Å². The van der Waals surface area contributed by atoms with Crippen molar-refractivity contribution in [1.29, 1.82) is 0 Å². The molecule has 35 heavy (non-hydrogen) atoms. The second-order valence-corrected chi connectivity index (χ2v) is 12.5. The number of nitrogens with one attached hydrogen (secondary N) is 1. The molecule has 3 radical (unpaired) electrons. The van der Waals surface area contributed by atoms with Crippen molar-refractivity contribution < 1.29 is 33.1 Å². The first-order chi connectivity index (χ1) is 15.6. The van der Waals surface area contributed by atoms with E-state index in [0.29, 0.717) is 6.42 Å². The van der Waals surface area contributed by atoms with E-state index >= 15 is 0 Å². The molecule has 5 nitrogen and oxygen atoms in total. The van der Waals surface area contributed by atoms with Crippen molar-refractivity contribution in [3.63, 3.8) is 0 Å². The molecule has 0 aromatic carbocycles. The summed E-state index contributed by atoms with van der Waals surface area (Å²) in [6.07, 6.45) is 21.9. The first-order valence-corrected chi connectivity index (χ1v) is 14.9. The second-order valence-electron chi connectivity index (χ2n) is 8.92. The molecular weight excluding hydrogens is 618 g/mol. The second kappa shape index (κ2) is 19.0. The van der Waals surface area contributed by atoms with Gasteiger partial charge in [-0.3, -0.25) is 4.99 Å². The van der Waals surface area contributed by atoms with Crippen molar-refractivity contribution in [3.8, 4) is 0 Å². The number of guanidine groups is 1. The third-order valence-electron chi connectivity index (χ3n) is 6.39. The fraction of sp³-hybridized carbons (Fsp3) is 0.615. The number of nitrogens with zero attached hydrogens (tertiary/aromatic N) is 2. The zero-order valence-electron chi connectivity index (χ0n) is 21.2. The Balaban J connectivity index is 0.000000641. The van der Waals surface area contributed by atoms with Crippen LogP contribution in [-0.4, -0.2) is 67.4 Å². The Kier molecular flexibility index (Phi) is 18.8. The van der Waals surface area contributed by atoms with Crippen LogP contribution < -0.4 is 5.32 Å². The minimum absolute atomic E-state index is 0. The molecule has 4 rings (SSSR count). The summed E-state index contributed by atoms with van der Waals surface area (Å²) in [6.45, 7) is 7.21. The van der Waals surface area contributed by atoms with E-state index in [4.69, 9.17) is 5.11 Å². The van der Waals surface area contributed by atoms with Crippen molar-refractivity contribution in [2.24, 2.45) is 4.99 Å². The van der Waals surface area contributed by atoms with Crippen LogP contribution in [0.3, 0.4) is 0 Å². The van der Waals surface area contributed by atoms with Gasteiger partial charge in [0.2, 0.25) is 0 Å². The van der Waals surface area contributed by atoms with Gasteiger partial charge in [-0.2, -0.15) is 0 Å². The molecule has 1 fully saturated rings. The van der Waals surface area contributed by atoms with Gasteiger partial charge in [0.25, 0.3) is 0 Å². The maximum Gasteiger partial charge on any atom is 0.326 e. The number of unbranched alkanes of at least 4 members (excludes halogenated alkanes) is 2. The molecule has 0 amide bonds. The third-order valence-corrected chi connectivity index (χ3v) is 10.5. The van der Waals surface area contributed by atoms with Gasteiger partial charge in [-0.1, -0.05) is 0 Å². The monoisotopic (exact) mass is 656 g/mol. The van der Waals surface area contributed by atoms with E-state index in [1.54, 1.807) is 11.1 Å². The van der Waals surface area contributed by atoms with Gasteiger partial charge in [-0.25, -0.2) is 4.79 Å². The van der Waals surface area contributed by atoms with Gasteiger partial charge in [0.1, 0.15) is 6.04 Å². The zero-order chi connectivity index (χ0) is 22.8. The molecule has 0 aromatic rings. The van der Waals surface area contributed by atoms with Crippen LogP contribution >= 0.6 is 24.8 Å². The van der Waals surface area contributed by atoms with Gasteiger partial charge in [0.05, 0.1) is 0 Å². The van der Waals surface area contributed by atoms with Gasteiger partial charge in [0, 0.05) is 39.4 Å². The number of aliphatic imine (C=N–C) groups is 1. The molecule has 0 spiro atoms. The average molecular weight is 659 g/mol. The molecule has 1 saturated heterocycles.